The van der Waals surface area contributed by atoms with Gasteiger partial charge in [0.1, 0.15) is 11.6 Å². The van der Waals surface area contributed by atoms with Crippen LogP contribution in [0.25, 0.3) is 0 Å². The van der Waals surface area contributed by atoms with Gasteiger partial charge in [-0.3, -0.25) is 9.59 Å². The third-order valence-corrected chi connectivity index (χ3v) is 9.25. The standard InChI is InChI=1S/C33H36F4N2O5/c1-42-28-9-4-19(17-44-21-10-12-43-13-11-21)15-25(28)31(40)39-30-23-7-6-22(24(23)14-18-2-3-18)29(30)32(41)38-20-5-8-27(34)26(16-20)33(35,36)37/h4-5,8-9,14-16,18,21-23,29-30H,2-3,6-7,10-13,17H2,1H3,(H,38,41)(H,39,40)/b24-14-/t22-,23+,29-,30+/m0/s1. The summed E-state index contributed by atoms with van der Waals surface area (Å²) >= 11 is 0. The normalized spacial score (nSPS) is 26.2. The van der Waals surface area contributed by atoms with Gasteiger partial charge in [-0.05, 0) is 86.3 Å². The first-order valence-electron chi connectivity index (χ1n) is 15.2. The van der Waals surface area contributed by atoms with E-state index in [9.17, 15) is 27.2 Å². The summed E-state index contributed by atoms with van der Waals surface area (Å²) < 4.78 is 70.8. The van der Waals surface area contributed by atoms with Crippen molar-refractivity contribution in [2.45, 2.75) is 63.5 Å². The van der Waals surface area contributed by atoms with Crippen LogP contribution in [-0.4, -0.2) is 44.3 Å². The van der Waals surface area contributed by atoms with E-state index in [1.807, 2.05) is 6.07 Å². The van der Waals surface area contributed by atoms with Crippen molar-refractivity contribution in [3.05, 3.63) is 70.6 Å². The molecule has 2 aromatic rings. The van der Waals surface area contributed by atoms with Gasteiger partial charge in [0.2, 0.25) is 5.91 Å². The molecule has 0 aromatic heterocycles. The zero-order chi connectivity index (χ0) is 31.0. The Morgan fingerprint density at radius 3 is 2.45 bits per heavy atom. The van der Waals surface area contributed by atoms with Crippen LogP contribution in [0.3, 0.4) is 0 Å². The highest BCUT2D eigenvalue weighted by molar-refractivity contribution is 5.99. The maximum atomic E-state index is 13.9. The number of halogens is 4. The van der Waals surface area contributed by atoms with Crippen LogP contribution in [0.2, 0.25) is 0 Å². The van der Waals surface area contributed by atoms with Crippen LogP contribution < -0.4 is 15.4 Å². The molecule has 44 heavy (non-hydrogen) atoms. The summed E-state index contributed by atoms with van der Waals surface area (Å²) in [5.74, 6) is -2.41. The fourth-order valence-electron chi connectivity index (χ4n) is 6.91. The van der Waals surface area contributed by atoms with E-state index in [0.29, 0.717) is 49.2 Å². The molecule has 1 heterocycles. The van der Waals surface area contributed by atoms with E-state index in [4.69, 9.17) is 14.2 Å². The third-order valence-electron chi connectivity index (χ3n) is 9.25. The maximum absolute atomic E-state index is 13.9. The molecule has 7 nitrogen and oxygen atoms in total. The van der Waals surface area contributed by atoms with Crippen LogP contribution in [0.5, 0.6) is 5.75 Å². The van der Waals surface area contributed by atoms with Gasteiger partial charge in [-0.2, -0.15) is 13.2 Å². The molecule has 3 saturated carbocycles. The molecule has 4 aliphatic rings. The number of anilines is 1. The summed E-state index contributed by atoms with van der Waals surface area (Å²) in [4.78, 5) is 27.5. The van der Waals surface area contributed by atoms with Gasteiger partial charge in [0.05, 0.1) is 36.9 Å². The Morgan fingerprint density at radius 2 is 1.75 bits per heavy atom. The van der Waals surface area contributed by atoms with Crippen LogP contribution >= 0.6 is 0 Å². The number of carbonyl (C=O) groups is 2. The Kier molecular flexibility index (Phi) is 8.70. The molecule has 236 valence electrons. The molecule has 6 rings (SSSR count). The average molecular weight is 617 g/mol. The van der Waals surface area contributed by atoms with Gasteiger partial charge in [0.15, 0.2) is 0 Å². The van der Waals surface area contributed by atoms with Crippen molar-refractivity contribution in [1.29, 1.82) is 0 Å². The second-order valence-electron chi connectivity index (χ2n) is 12.2. The largest absolute Gasteiger partial charge is 0.496 e. The number of amides is 2. The Labute approximate surface area is 253 Å². The van der Waals surface area contributed by atoms with Crippen molar-refractivity contribution in [3.63, 3.8) is 0 Å². The number of fused-ring (bicyclic) bond motifs is 2. The second kappa shape index (κ2) is 12.5. The molecule has 2 bridgehead atoms. The van der Waals surface area contributed by atoms with Crippen LogP contribution in [0, 0.1) is 29.5 Å². The number of allylic oxidation sites excluding steroid dienone is 1. The molecule has 0 radical (unpaired) electrons. The van der Waals surface area contributed by atoms with E-state index in [-0.39, 0.29) is 23.6 Å². The number of hydrogen-bond donors (Lipinski definition) is 2. The summed E-state index contributed by atoms with van der Waals surface area (Å²) in [6, 6.07) is 7.14. The van der Waals surface area contributed by atoms with Crippen molar-refractivity contribution in [3.8, 4) is 5.75 Å². The minimum Gasteiger partial charge on any atom is -0.496 e. The minimum absolute atomic E-state index is 0.0646. The Hall–Kier alpha value is -3.44. The molecule has 0 unspecified atom stereocenters. The molecular formula is C33H36F4N2O5. The molecule has 4 fully saturated rings. The van der Waals surface area contributed by atoms with E-state index < -0.39 is 41.3 Å². The van der Waals surface area contributed by atoms with Crippen LogP contribution in [0.1, 0.15) is 60.0 Å². The van der Waals surface area contributed by atoms with Crippen LogP contribution in [-0.2, 0) is 27.1 Å². The first-order valence-corrected chi connectivity index (χ1v) is 15.2. The number of alkyl halides is 3. The summed E-state index contributed by atoms with van der Waals surface area (Å²) in [6.45, 7) is 1.63. The predicted molar refractivity (Wildman–Crippen MR) is 153 cm³/mol. The highest BCUT2D eigenvalue weighted by atomic mass is 19.4. The average Bonchev–Trinajstić information content (AvgIpc) is 3.69. The van der Waals surface area contributed by atoms with Gasteiger partial charge in [-0.15, -0.1) is 0 Å². The summed E-state index contributed by atoms with van der Waals surface area (Å²) in [5, 5.41) is 5.69. The second-order valence-corrected chi connectivity index (χ2v) is 12.2. The molecular weight excluding hydrogens is 580 g/mol. The third kappa shape index (κ3) is 6.49. The molecule has 1 saturated heterocycles. The topological polar surface area (TPSA) is 85.9 Å². The number of hydrogen-bond acceptors (Lipinski definition) is 5. The minimum atomic E-state index is -4.91. The van der Waals surface area contributed by atoms with Gasteiger partial charge >= 0.3 is 6.18 Å². The summed E-state index contributed by atoms with van der Waals surface area (Å²) in [7, 11) is 1.48. The lowest BCUT2D eigenvalue weighted by atomic mass is 9.83. The SMILES string of the molecule is COc1ccc(COC2CCOCC2)cc1C(=O)N[C@H]1[C@@H](C(=O)Nc2ccc(F)c(C(F)(F)F)c2)[C@H]2CC[C@@H]1/C2=C\C1CC1. The fourth-order valence-corrected chi connectivity index (χ4v) is 6.91. The van der Waals surface area contributed by atoms with Gasteiger partial charge in [-0.1, -0.05) is 17.7 Å². The highest BCUT2D eigenvalue weighted by Crippen LogP contribution is 2.54. The number of benzene rings is 2. The van der Waals surface area contributed by atoms with Crippen molar-refractivity contribution < 1.29 is 41.4 Å². The van der Waals surface area contributed by atoms with E-state index >= 15 is 0 Å². The first kappa shape index (κ1) is 30.6. The molecule has 0 spiro atoms. The molecule has 2 N–H and O–H groups in total. The van der Waals surface area contributed by atoms with Gasteiger partial charge in [0.25, 0.3) is 5.91 Å². The van der Waals surface area contributed by atoms with Gasteiger partial charge < -0.3 is 24.8 Å². The zero-order valence-corrected chi connectivity index (χ0v) is 24.4. The first-order chi connectivity index (χ1) is 21.1. The Morgan fingerprint density at radius 1 is 1.00 bits per heavy atom. The maximum Gasteiger partial charge on any atom is 0.419 e. The molecule has 1 aliphatic heterocycles. The van der Waals surface area contributed by atoms with Crippen molar-refractivity contribution in [2.24, 2.45) is 23.7 Å². The lowest BCUT2D eigenvalue weighted by Crippen LogP contribution is -2.48. The van der Waals surface area contributed by atoms with Crippen LogP contribution in [0.15, 0.2) is 48.0 Å². The number of methoxy groups -OCH3 is 1. The zero-order valence-electron chi connectivity index (χ0n) is 24.4. The molecule has 11 heteroatoms. The Bertz CT molecular complexity index is 1430. The van der Waals surface area contributed by atoms with Gasteiger partial charge in [-0.25, -0.2) is 4.39 Å². The number of rotatable bonds is 9. The fraction of sp³-hybridized carbons (Fsp3) is 0.515. The predicted octanol–water partition coefficient (Wildman–Crippen LogP) is 6.28. The number of nitrogens with one attached hydrogen (secondary N) is 2. The molecule has 4 atom stereocenters. The Balaban J connectivity index is 1.23. The van der Waals surface area contributed by atoms with Gasteiger partial charge in [0, 0.05) is 30.9 Å². The van der Waals surface area contributed by atoms with Crippen molar-refractivity contribution in [2.75, 3.05) is 25.6 Å². The van der Waals surface area contributed by atoms with Crippen LogP contribution in [0.4, 0.5) is 23.2 Å². The highest BCUT2D eigenvalue weighted by Gasteiger charge is 2.55. The molecule has 3 aliphatic carbocycles. The lowest BCUT2D eigenvalue weighted by molar-refractivity contribution is -0.140. The molecule has 2 aromatic carbocycles. The van der Waals surface area contributed by atoms with E-state index in [2.05, 4.69) is 16.7 Å². The lowest BCUT2D eigenvalue weighted by Gasteiger charge is -2.30. The van der Waals surface area contributed by atoms with Crippen molar-refractivity contribution >= 4 is 17.5 Å². The smallest absolute Gasteiger partial charge is 0.419 e. The van der Waals surface area contributed by atoms with E-state index in [1.165, 1.54) is 7.11 Å². The van der Waals surface area contributed by atoms with E-state index in [0.717, 1.165) is 55.7 Å². The van der Waals surface area contributed by atoms with E-state index in [1.54, 1.807) is 12.1 Å². The summed E-state index contributed by atoms with van der Waals surface area (Å²) in [6.07, 6.45) is 2.71. The van der Waals surface area contributed by atoms with Crippen molar-refractivity contribution in [1.82, 2.24) is 5.32 Å². The monoisotopic (exact) mass is 616 g/mol. The summed E-state index contributed by atoms with van der Waals surface area (Å²) in [5.41, 5.74) is 0.649. The quantitative estimate of drug-likeness (QED) is 0.256. The number of carbonyl (C=O) groups excluding carboxylic acids is 2. The number of ether oxygens (including phenoxy) is 3. The molecule has 2 amide bonds.